The number of benzene rings is 1. The summed E-state index contributed by atoms with van der Waals surface area (Å²) in [5.74, 6) is 0.475. The third kappa shape index (κ3) is 4.63. The van der Waals surface area contributed by atoms with Crippen molar-refractivity contribution in [1.29, 1.82) is 0 Å². The first-order chi connectivity index (χ1) is 10.1. The number of nitrogens with two attached hydrogens (primary N) is 1. The van der Waals surface area contributed by atoms with E-state index in [1.54, 1.807) is 0 Å². The molecule has 0 saturated carbocycles. The molecule has 0 spiro atoms. The predicted molar refractivity (Wildman–Crippen MR) is 82.8 cm³/mol. The highest BCUT2D eigenvalue weighted by Crippen LogP contribution is 2.27. The molecule has 5 heteroatoms. The Bertz CT molecular complexity index is 461. The predicted octanol–water partition coefficient (Wildman–Crippen LogP) is 2.10. The number of ether oxygens (including phenoxy) is 1. The van der Waals surface area contributed by atoms with Crippen molar-refractivity contribution in [3.05, 3.63) is 24.3 Å². The van der Waals surface area contributed by atoms with Gasteiger partial charge in [0.25, 0.3) is 0 Å². The Hall–Kier alpha value is -1.75. The first-order valence-corrected chi connectivity index (χ1v) is 7.53. The molecule has 0 aliphatic carbocycles. The maximum absolute atomic E-state index is 10.7. The molecule has 1 aliphatic heterocycles. The Morgan fingerprint density at radius 2 is 2.10 bits per heavy atom. The number of anilines is 1. The fourth-order valence-corrected chi connectivity index (χ4v) is 2.91. The maximum Gasteiger partial charge on any atom is 0.303 e. The van der Waals surface area contributed by atoms with Crippen LogP contribution in [-0.4, -0.2) is 36.8 Å². The fraction of sp³-hybridized carbons (Fsp3) is 0.562. The van der Waals surface area contributed by atoms with Gasteiger partial charge in [0.2, 0.25) is 0 Å². The summed E-state index contributed by atoms with van der Waals surface area (Å²) in [5.41, 5.74) is 7.24. The summed E-state index contributed by atoms with van der Waals surface area (Å²) in [6.45, 7) is 4.31. The standard InChI is InChI=1S/C16H24N2O3/c1-2-21-15-6-4-14(5-7-15)18-10-12(3-8-16(19)20)9-13(17)11-18/h4-7,12-13H,2-3,8-11,17H2,1H3,(H,19,20). The molecule has 1 aliphatic rings. The molecule has 0 radical (unpaired) electrons. The zero-order valence-corrected chi connectivity index (χ0v) is 12.5. The van der Waals surface area contributed by atoms with Gasteiger partial charge in [-0.25, -0.2) is 0 Å². The van der Waals surface area contributed by atoms with Gasteiger partial charge in [0.15, 0.2) is 0 Å². The monoisotopic (exact) mass is 292 g/mol. The molecule has 2 unspecified atom stereocenters. The number of aliphatic carboxylic acids is 1. The summed E-state index contributed by atoms with van der Waals surface area (Å²) < 4.78 is 5.45. The Morgan fingerprint density at radius 1 is 1.38 bits per heavy atom. The van der Waals surface area contributed by atoms with Crippen LogP contribution in [0.4, 0.5) is 5.69 Å². The molecule has 1 aromatic rings. The lowest BCUT2D eigenvalue weighted by Gasteiger charge is -2.37. The van der Waals surface area contributed by atoms with E-state index in [0.717, 1.165) is 30.9 Å². The van der Waals surface area contributed by atoms with E-state index in [1.807, 2.05) is 31.2 Å². The summed E-state index contributed by atoms with van der Waals surface area (Å²) in [7, 11) is 0. The van der Waals surface area contributed by atoms with Crippen molar-refractivity contribution in [2.24, 2.45) is 11.7 Å². The molecule has 2 rings (SSSR count). The normalized spacial score (nSPS) is 22.1. The van der Waals surface area contributed by atoms with E-state index >= 15 is 0 Å². The molecule has 5 nitrogen and oxygen atoms in total. The minimum atomic E-state index is -0.734. The van der Waals surface area contributed by atoms with E-state index in [-0.39, 0.29) is 12.5 Å². The van der Waals surface area contributed by atoms with E-state index in [2.05, 4.69) is 4.90 Å². The van der Waals surface area contributed by atoms with E-state index in [9.17, 15) is 4.79 Å². The molecular weight excluding hydrogens is 268 g/mol. The number of nitrogens with zero attached hydrogens (tertiary/aromatic N) is 1. The second kappa shape index (κ2) is 7.31. The SMILES string of the molecule is CCOc1ccc(N2CC(N)CC(CCC(=O)O)C2)cc1. The first-order valence-electron chi connectivity index (χ1n) is 7.53. The zero-order valence-electron chi connectivity index (χ0n) is 12.5. The number of carbonyl (C=O) groups is 1. The van der Waals surface area contributed by atoms with Gasteiger partial charge in [-0.1, -0.05) is 0 Å². The van der Waals surface area contributed by atoms with Gasteiger partial charge in [0.05, 0.1) is 6.61 Å². The highest BCUT2D eigenvalue weighted by molar-refractivity contribution is 5.66. The van der Waals surface area contributed by atoms with Crippen molar-refractivity contribution in [2.45, 2.75) is 32.2 Å². The Balaban J connectivity index is 1.99. The van der Waals surface area contributed by atoms with Crippen molar-refractivity contribution in [3.8, 4) is 5.75 Å². The number of carboxylic acid groups (broad SMARTS) is 1. The van der Waals surface area contributed by atoms with E-state index in [0.29, 0.717) is 18.9 Å². The van der Waals surface area contributed by atoms with Crippen LogP contribution >= 0.6 is 0 Å². The first kappa shape index (κ1) is 15.6. The van der Waals surface area contributed by atoms with E-state index < -0.39 is 5.97 Å². The number of piperidine rings is 1. The molecule has 1 saturated heterocycles. The Morgan fingerprint density at radius 3 is 2.71 bits per heavy atom. The molecular formula is C16H24N2O3. The van der Waals surface area contributed by atoms with Crippen LogP contribution < -0.4 is 15.4 Å². The Kier molecular flexibility index (Phi) is 5.44. The highest BCUT2D eigenvalue weighted by atomic mass is 16.5. The lowest BCUT2D eigenvalue weighted by Crippen LogP contribution is -2.47. The van der Waals surface area contributed by atoms with Gasteiger partial charge in [-0.3, -0.25) is 4.79 Å². The van der Waals surface area contributed by atoms with Crippen molar-refractivity contribution in [1.82, 2.24) is 0 Å². The van der Waals surface area contributed by atoms with Crippen LogP contribution in [-0.2, 0) is 4.79 Å². The van der Waals surface area contributed by atoms with Crippen molar-refractivity contribution >= 4 is 11.7 Å². The molecule has 2 atom stereocenters. The second-order valence-electron chi connectivity index (χ2n) is 5.63. The van der Waals surface area contributed by atoms with Crippen LogP contribution in [0.1, 0.15) is 26.2 Å². The number of rotatable bonds is 6. The van der Waals surface area contributed by atoms with Gasteiger partial charge in [0.1, 0.15) is 5.75 Å². The van der Waals surface area contributed by atoms with Crippen LogP contribution in [0.3, 0.4) is 0 Å². The van der Waals surface area contributed by atoms with Gasteiger partial charge < -0.3 is 20.5 Å². The zero-order chi connectivity index (χ0) is 15.2. The molecule has 0 amide bonds. The molecule has 0 aromatic heterocycles. The van der Waals surface area contributed by atoms with Gasteiger partial charge in [-0.05, 0) is 49.9 Å². The quantitative estimate of drug-likeness (QED) is 0.840. The minimum Gasteiger partial charge on any atom is -0.494 e. The highest BCUT2D eigenvalue weighted by Gasteiger charge is 2.25. The third-order valence-corrected chi connectivity index (χ3v) is 3.85. The molecule has 1 heterocycles. The van der Waals surface area contributed by atoms with E-state index in [4.69, 9.17) is 15.6 Å². The van der Waals surface area contributed by atoms with Crippen molar-refractivity contribution < 1.29 is 14.6 Å². The van der Waals surface area contributed by atoms with Crippen LogP contribution in [0.25, 0.3) is 0 Å². The average molecular weight is 292 g/mol. The van der Waals surface area contributed by atoms with E-state index in [1.165, 1.54) is 0 Å². The summed E-state index contributed by atoms with van der Waals surface area (Å²) >= 11 is 0. The maximum atomic E-state index is 10.7. The van der Waals surface area contributed by atoms with Gasteiger partial charge in [-0.2, -0.15) is 0 Å². The van der Waals surface area contributed by atoms with Crippen LogP contribution in [0.2, 0.25) is 0 Å². The largest absolute Gasteiger partial charge is 0.494 e. The summed E-state index contributed by atoms with van der Waals surface area (Å²) in [6.07, 6.45) is 1.81. The van der Waals surface area contributed by atoms with Crippen LogP contribution in [0.5, 0.6) is 5.75 Å². The average Bonchev–Trinajstić information content (AvgIpc) is 2.46. The lowest BCUT2D eigenvalue weighted by atomic mass is 9.90. The van der Waals surface area contributed by atoms with Crippen LogP contribution in [0, 0.1) is 5.92 Å². The number of carboxylic acids is 1. The van der Waals surface area contributed by atoms with Gasteiger partial charge in [0, 0.05) is 31.2 Å². The van der Waals surface area contributed by atoms with Crippen molar-refractivity contribution in [2.75, 3.05) is 24.6 Å². The molecule has 0 bridgehead atoms. The smallest absolute Gasteiger partial charge is 0.303 e. The third-order valence-electron chi connectivity index (χ3n) is 3.85. The van der Waals surface area contributed by atoms with Gasteiger partial charge >= 0.3 is 5.97 Å². The number of hydrogen-bond acceptors (Lipinski definition) is 4. The summed E-state index contributed by atoms with van der Waals surface area (Å²) in [4.78, 5) is 13.0. The minimum absolute atomic E-state index is 0.101. The fourth-order valence-electron chi connectivity index (χ4n) is 2.91. The summed E-state index contributed by atoms with van der Waals surface area (Å²) in [6, 6.07) is 8.11. The molecule has 21 heavy (non-hydrogen) atoms. The number of hydrogen-bond donors (Lipinski definition) is 2. The molecule has 1 aromatic carbocycles. The molecule has 3 N–H and O–H groups in total. The lowest BCUT2D eigenvalue weighted by molar-refractivity contribution is -0.137. The molecule has 1 fully saturated rings. The topological polar surface area (TPSA) is 75.8 Å². The Labute approximate surface area is 125 Å². The van der Waals surface area contributed by atoms with Crippen molar-refractivity contribution in [3.63, 3.8) is 0 Å². The molecule has 116 valence electrons. The van der Waals surface area contributed by atoms with Crippen LogP contribution in [0.15, 0.2) is 24.3 Å². The summed E-state index contributed by atoms with van der Waals surface area (Å²) in [5, 5.41) is 8.82. The second-order valence-corrected chi connectivity index (χ2v) is 5.63. The van der Waals surface area contributed by atoms with Gasteiger partial charge in [-0.15, -0.1) is 0 Å².